The summed E-state index contributed by atoms with van der Waals surface area (Å²) in [6.45, 7) is 4.59. The van der Waals surface area contributed by atoms with Gasteiger partial charge >= 0.3 is 0 Å². The van der Waals surface area contributed by atoms with Gasteiger partial charge in [-0.3, -0.25) is 0 Å². The summed E-state index contributed by atoms with van der Waals surface area (Å²) in [5.74, 6) is 2.74. The first-order chi connectivity index (χ1) is 8.58. The van der Waals surface area contributed by atoms with Crippen molar-refractivity contribution in [1.82, 2.24) is 0 Å². The Balaban J connectivity index is 2.04. The molecule has 1 fully saturated rings. The van der Waals surface area contributed by atoms with Crippen LogP contribution in [0.25, 0.3) is 0 Å². The minimum Gasteiger partial charge on any atom is -0.489 e. The molecule has 1 aliphatic rings. The number of benzene rings is 1. The number of hydrogen-bond acceptors (Lipinski definition) is 1. The van der Waals surface area contributed by atoms with E-state index in [0.717, 1.165) is 36.0 Å². The van der Waals surface area contributed by atoms with Crippen molar-refractivity contribution in [2.75, 3.05) is 0 Å². The van der Waals surface area contributed by atoms with E-state index in [1.165, 1.54) is 6.42 Å². The smallest absolute Gasteiger partial charge is 0.138 e. The molecule has 18 heavy (non-hydrogen) atoms. The van der Waals surface area contributed by atoms with Gasteiger partial charge in [0.2, 0.25) is 0 Å². The van der Waals surface area contributed by atoms with E-state index in [1.807, 2.05) is 18.2 Å². The number of alkyl halides is 1. The van der Waals surface area contributed by atoms with Crippen molar-refractivity contribution >= 4 is 23.2 Å². The van der Waals surface area contributed by atoms with Gasteiger partial charge in [-0.25, -0.2) is 0 Å². The first-order valence-corrected chi connectivity index (χ1v) is 7.50. The summed E-state index contributed by atoms with van der Waals surface area (Å²) in [4.78, 5) is 0. The molecular weight excluding hydrogens is 267 g/mol. The first kappa shape index (κ1) is 14.0. The summed E-state index contributed by atoms with van der Waals surface area (Å²) < 4.78 is 6.05. The zero-order valence-corrected chi connectivity index (χ0v) is 12.5. The van der Waals surface area contributed by atoms with Crippen LogP contribution in [0.15, 0.2) is 18.2 Å². The van der Waals surface area contributed by atoms with Gasteiger partial charge in [0, 0.05) is 5.88 Å². The lowest BCUT2D eigenvalue weighted by Gasteiger charge is -2.31. The molecule has 0 bridgehead atoms. The van der Waals surface area contributed by atoms with Crippen LogP contribution < -0.4 is 4.74 Å². The fourth-order valence-corrected chi connectivity index (χ4v) is 3.29. The van der Waals surface area contributed by atoms with E-state index in [2.05, 4.69) is 13.8 Å². The van der Waals surface area contributed by atoms with Gasteiger partial charge in [0.25, 0.3) is 0 Å². The molecule has 0 N–H and O–H groups in total. The number of rotatable bonds is 3. The van der Waals surface area contributed by atoms with Gasteiger partial charge < -0.3 is 4.74 Å². The van der Waals surface area contributed by atoms with Gasteiger partial charge in [0.1, 0.15) is 5.75 Å². The third-order valence-corrected chi connectivity index (χ3v) is 4.18. The SMILES string of the molecule is CC1CC(C)CC(Oc2ccc(CCl)cc2Cl)C1. The number of halogens is 2. The minimum atomic E-state index is 0.295. The predicted octanol–water partition coefficient (Wildman–Crippen LogP) is 5.28. The zero-order valence-electron chi connectivity index (χ0n) is 11.0. The Morgan fingerprint density at radius 2 is 1.83 bits per heavy atom. The third-order valence-electron chi connectivity index (χ3n) is 3.58. The summed E-state index contributed by atoms with van der Waals surface area (Å²) >= 11 is 12.0. The van der Waals surface area contributed by atoms with Crippen molar-refractivity contribution < 1.29 is 4.74 Å². The molecule has 0 radical (unpaired) electrons. The van der Waals surface area contributed by atoms with Crippen LogP contribution >= 0.6 is 23.2 Å². The van der Waals surface area contributed by atoms with Gasteiger partial charge in [0.05, 0.1) is 11.1 Å². The van der Waals surface area contributed by atoms with Crippen molar-refractivity contribution in [2.45, 2.75) is 45.1 Å². The van der Waals surface area contributed by atoms with E-state index in [0.29, 0.717) is 17.0 Å². The summed E-state index contributed by atoms with van der Waals surface area (Å²) in [6, 6.07) is 5.80. The van der Waals surface area contributed by atoms with Crippen molar-refractivity contribution in [3.63, 3.8) is 0 Å². The zero-order chi connectivity index (χ0) is 13.1. The maximum Gasteiger partial charge on any atom is 0.138 e. The molecule has 0 spiro atoms. The molecule has 0 aliphatic heterocycles. The molecule has 0 heterocycles. The highest BCUT2D eigenvalue weighted by Crippen LogP contribution is 2.34. The minimum absolute atomic E-state index is 0.295. The Kier molecular flexibility index (Phi) is 4.80. The van der Waals surface area contributed by atoms with Crippen molar-refractivity contribution in [1.29, 1.82) is 0 Å². The molecule has 2 rings (SSSR count). The molecule has 1 aromatic carbocycles. The maximum absolute atomic E-state index is 6.22. The average Bonchev–Trinajstić information content (AvgIpc) is 2.30. The quantitative estimate of drug-likeness (QED) is 0.687. The fourth-order valence-electron chi connectivity index (χ4n) is 2.87. The molecule has 1 saturated carbocycles. The third kappa shape index (κ3) is 3.55. The van der Waals surface area contributed by atoms with E-state index < -0.39 is 0 Å². The van der Waals surface area contributed by atoms with Crippen LogP contribution in [0, 0.1) is 11.8 Å². The van der Waals surface area contributed by atoms with Crippen LogP contribution in [0.3, 0.4) is 0 Å². The van der Waals surface area contributed by atoms with E-state index in [4.69, 9.17) is 27.9 Å². The Labute approximate surface area is 119 Å². The molecule has 0 saturated heterocycles. The second kappa shape index (κ2) is 6.16. The Morgan fingerprint density at radius 1 is 1.17 bits per heavy atom. The molecule has 100 valence electrons. The lowest BCUT2D eigenvalue weighted by Crippen LogP contribution is -2.28. The molecule has 3 heteroatoms. The monoisotopic (exact) mass is 286 g/mol. The fraction of sp³-hybridized carbons (Fsp3) is 0.600. The Bertz CT molecular complexity index is 395. The molecule has 2 unspecified atom stereocenters. The topological polar surface area (TPSA) is 9.23 Å². The number of ether oxygens (including phenoxy) is 1. The lowest BCUT2D eigenvalue weighted by molar-refractivity contribution is 0.101. The predicted molar refractivity (Wildman–Crippen MR) is 77.6 cm³/mol. The average molecular weight is 287 g/mol. The molecular formula is C15H20Cl2O. The first-order valence-electron chi connectivity index (χ1n) is 6.59. The van der Waals surface area contributed by atoms with Crippen LogP contribution in [-0.2, 0) is 5.88 Å². The van der Waals surface area contributed by atoms with E-state index in [-0.39, 0.29) is 0 Å². The van der Waals surface area contributed by atoms with Crippen molar-refractivity contribution in [3.8, 4) is 5.75 Å². The lowest BCUT2D eigenvalue weighted by atomic mass is 9.82. The molecule has 0 aromatic heterocycles. The highest BCUT2D eigenvalue weighted by molar-refractivity contribution is 6.32. The van der Waals surface area contributed by atoms with Gasteiger partial charge in [-0.05, 0) is 48.8 Å². The van der Waals surface area contributed by atoms with Crippen LogP contribution in [0.4, 0.5) is 0 Å². The van der Waals surface area contributed by atoms with E-state index in [1.54, 1.807) is 0 Å². The van der Waals surface area contributed by atoms with Gasteiger partial charge in [-0.15, -0.1) is 11.6 Å². The molecule has 1 aromatic rings. The van der Waals surface area contributed by atoms with Gasteiger partial charge in [-0.2, -0.15) is 0 Å². The van der Waals surface area contributed by atoms with E-state index >= 15 is 0 Å². The highest BCUT2D eigenvalue weighted by atomic mass is 35.5. The van der Waals surface area contributed by atoms with Gasteiger partial charge in [-0.1, -0.05) is 31.5 Å². The van der Waals surface area contributed by atoms with Crippen LogP contribution in [0.1, 0.15) is 38.7 Å². The highest BCUT2D eigenvalue weighted by Gasteiger charge is 2.25. The van der Waals surface area contributed by atoms with Crippen LogP contribution in [0.5, 0.6) is 5.75 Å². The second-order valence-corrected chi connectivity index (χ2v) is 6.23. The maximum atomic E-state index is 6.22. The normalized spacial score (nSPS) is 28.1. The van der Waals surface area contributed by atoms with Crippen LogP contribution in [-0.4, -0.2) is 6.10 Å². The van der Waals surface area contributed by atoms with Gasteiger partial charge in [0.15, 0.2) is 0 Å². The molecule has 1 aliphatic carbocycles. The Morgan fingerprint density at radius 3 is 2.39 bits per heavy atom. The van der Waals surface area contributed by atoms with Crippen LogP contribution in [0.2, 0.25) is 5.02 Å². The molecule has 2 atom stereocenters. The largest absolute Gasteiger partial charge is 0.489 e. The Hall–Kier alpha value is -0.400. The second-order valence-electron chi connectivity index (χ2n) is 5.56. The summed E-state index contributed by atoms with van der Waals surface area (Å²) in [6.07, 6.45) is 3.84. The summed E-state index contributed by atoms with van der Waals surface area (Å²) in [5, 5.41) is 0.666. The van der Waals surface area contributed by atoms with Crippen molar-refractivity contribution in [2.24, 2.45) is 11.8 Å². The molecule has 0 amide bonds. The molecule has 1 nitrogen and oxygen atoms in total. The van der Waals surface area contributed by atoms with E-state index in [9.17, 15) is 0 Å². The summed E-state index contributed by atoms with van der Waals surface area (Å²) in [5.41, 5.74) is 1.03. The number of hydrogen-bond donors (Lipinski definition) is 0. The van der Waals surface area contributed by atoms with Crippen molar-refractivity contribution in [3.05, 3.63) is 28.8 Å². The standard InChI is InChI=1S/C15H20Cl2O/c1-10-5-11(2)7-13(6-10)18-15-4-3-12(9-16)8-14(15)17/h3-4,8,10-11,13H,5-7,9H2,1-2H3. The summed E-state index contributed by atoms with van der Waals surface area (Å²) in [7, 11) is 0.